The monoisotopic (exact) mass is 417 g/mol. The molecule has 3 rings (SSSR count). The molecule has 0 radical (unpaired) electrons. The van der Waals surface area contributed by atoms with Gasteiger partial charge in [0.1, 0.15) is 0 Å². The molecule has 0 aromatic heterocycles. The zero-order valence-electron chi connectivity index (χ0n) is 17.4. The van der Waals surface area contributed by atoms with E-state index in [1.165, 1.54) is 17.2 Å². The molecule has 30 heavy (non-hydrogen) atoms. The fourth-order valence-electron chi connectivity index (χ4n) is 4.38. The second-order valence-electron chi connectivity index (χ2n) is 8.90. The van der Waals surface area contributed by atoms with Crippen molar-refractivity contribution in [1.82, 2.24) is 5.32 Å². The minimum absolute atomic E-state index is 0.0748. The normalized spacial score (nSPS) is 15.2. The topological polar surface area (TPSA) is 69.6 Å². The number of hydrogen-bond donors (Lipinski definition) is 3. The van der Waals surface area contributed by atoms with Crippen LogP contribution in [0, 0.1) is 17.6 Å². The first-order chi connectivity index (χ1) is 14.1. The van der Waals surface area contributed by atoms with Crippen LogP contribution in [0.2, 0.25) is 0 Å². The zero-order chi connectivity index (χ0) is 21.9. The van der Waals surface area contributed by atoms with Crippen LogP contribution in [0.4, 0.5) is 8.78 Å². The number of carboxylic acid groups (broad SMARTS) is 1. The number of hydrogen-bond acceptors (Lipinski definition) is 3. The van der Waals surface area contributed by atoms with E-state index in [1.807, 2.05) is 13.8 Å². The smallest absolute Gasteiger partial charge is 0.303 e. The van der Waals surface area contributed by atoms with Crippen LogP contribution in [0.15, 0.2) is 36.4 Å². The largest absolute Gasteiger partial charge is 0.481 e. The first-order valence-electron chi connectivity index (χ1n) is 10.3. The predicted molar refractivity (Wildman–Crippen MR) is 111 cm³/mol. The molecular formula is C24H29F2NO3. The number of nitrogens with one attached hydrogen (secondary N) is 1. The van der Waals surface area contributed by atoms with E-state index in [4.69, 9.17) is 5.11 Å². The van der Waals surface area contributed by atoms with Crippen LogP contribution >= 0.6 is 0 Å². The Morgan fingerprint density at radius 1 is 1.20 bits per heavy atom. The molecule has 0 fully saturated rings. The molecule has 0 spiro atoms. The van der Waals surface area contributed by atoms with Crippen LogP contribution < -0.4 is 5.32 Å². The van der Waals surface area contributed by atoms with Gasteiger partial charge in [-0.3, -0.25) is 4.79 Å². The summed E-state index contributed by atoms with van der Waals surface area (Å²) in [6.45, 7) is 4.16. The van der Waals surface area contributed by atoms with E-state index in [1.54, 1.807) is 0 Å². The molecule has 0 unspecified atom stereocenters. The summed E-state index contributed by atoms with van der Waals surface area (Å²) in [6, 6.07) is 10.8. The molecule has 162 valence electrons. The third kappa shape index (κ3) is 5.64. The molecule has 3 N–H and O–H groups in total. The number of carboxylic acids is 1. The number of rotatable bonds is 9. The summed E-state index contributed by atoms with van der Waals surface area (Å²) < 4.78 is 28.2. The Hall–Kier alpha value is -2.31. The van der Waals surface area contributed by atoms with Crippen LogP contribution in [0.5, 0.6) is 0 Å². The fraction of sp³-hybridized carbons (Fsp3) is 0.458. The number of aliphatic hydroxyl groups is 1. The van der Waals surface area contributed by atoms with E-state index in [2.05, 4.69) is 29.6 Å². The number of fused-ring (bicyclic) bond motifs is 1. The molecule has 0 saturated carbocycles. The van der Waals surface area contributed by atoms with Gasteiger partial charge in [0.25, 0.3) is 0 Å². The Bertz CT molecular complexity index is 888. The first-order valence-corrected chi connectivity index (χ1v) is 10.3. The predicted octanol–water partition coefficient (Wildman–Crippen LogP) is 4.19. The highest BCUT2D eigenvalue weighted by atomic mass is 19.2. The SMILES string of the molecule is CC(C)(CC1Cc2ccccc2C1)NC[C@@H](O)c1cc(CCC(=O)O)cc(F)c1F. The Morgan fingerprint density at radius 2 is 1.83 bits per heavy atom. The Morgan fingerprint density at radius 3 is 2.43 bits per heavy atom. The van der Waals surface area contributed by atoms with Crippen molar-refractivity contribution in [2.75, 3.05) is 6.54 Å². The van der Waals surface area contributed by atoms with Gasteiger partial charge >= 0.3 is 5.97 Å². The maximum atomic E-state index is 14.3. The Labute approximate surface area is 175 Å². The highest BCUT2D eigenvalue weighted by molar-refractivity contribution is 5.67. The fourth-order valence-corrected chi connectivity index (χ4v) is 4.38. The third-order valence-corrected chi connectivity index (χ3v) is 5.81. The van der Waals surface area contributed by atoms with Crippen LogP contribution in [-0.2, 0) is 24.1 Å². The molecule has 1 atom stereocenters. The van der Waals surface area contributed by atoms with E-state index < -0.39 is 23.7 Å². The molecule has 0 bridgehead atoms. The number of β-amino-alcohol motifs (C(OH)–C–C–N with tert-alkyl or cyclic N) is 1. The number of carbonyl (C=O) groups is 1. The molecule has 1 aliphatic carbocycles. The number of aliphatic carboxylic acids is 1. The second kappa shape index (κ2) is 9.23. The van der Waals surface area contributed by atoms with Gasteiger partial charge in [0.15, 0.2) is 11.6 Å². The summed E-state index contributed by atoms with van der Waals surface area (Å²) in [5, 5.41) is 22.6. The molecule has 0 saturated heterocycles. The van der Waals surface area contributed by atoms with Crippen molar-refractivity contribution in [2.45, 2.75) is 57.6 Å². The van der Waals surface area contributed by atoms with Crippen molar-refractivity contribution in [3.63, 3.8) is 0 Å². The highest BCUT2D eigenvalue weighted by Crippen LogP contribution is 2.32. The minimum atomic E-state index is -1.23. The van der Waals surface area contributed by atoms with Crippen LogP contribution in [-0.4, -0.2) is 28.3 Å². The zero-order valence-corrected chi connectivity index (χ0v) is 17.4. The van der Waals surface area contributed by atoms with E-state index in [9.17, 15) is 18.7 Å². The number of benzene rings is 2. The Kier molecular flexibility index (Phi) is 6.88. The number of aryl methyl sites for hydroxylation is 1. The van der Waals surface area contributed by atoms with E-state index in [-0.39, 0.29) is 30.5 Å². The van der Waals surface area contributed by atoms with Crippen molar-refractivity contribution in [3.8, 4) is 0 Å². The van der Waals surface area contributed by atoms with Gasteiger partial charge in [-0.2, -0.15) is 0 Å². The van der Waals surface area contributed by atoms with E-state index in [0.29, 0.717) is 11.5 Å². The molecule has 4 nitrogen and oxygen atoms in total. The third-order valence-electron chi connectivity index (χ3n) is 5.81. The lowest BCUT2D eigenvalue weighted by Gasteiger charge is -2.30. The van der Waals surface area contributed by atoms with Crippen molar-refractivity contribution < 1.29 is 23.8 Å². The summed E-state index contributed by atoms with van der Waals surface area (Å²) >= 11 is 0. The van der Waals surface area contributed by atoms with Crippen molar-refractivity contribution >= 4 is 5.97 Å². The van der Waals surface area contributed by atoms with Crippen LogP contribution in [0.3, 0.4) is 0 Å². The molecule has 0 heterocycles. The number of aliphatic hydroxyl groups excluding tert-OH is 1. The molecular weight excluding hydrogens is 388 g/mol. The molecule has 0 amide bonds. The van der Waals surface area contributed by atoms with Gasteiger partial charge in [0.05, 0.1) is 6.10 Å². The molecule has 2 aromatic carbocycles. The van der Waals surface area contributed by atoms with Crippen LogP contribution in [0.25, 0.3) is 0 Å². The maximum absolute atomic E-state index is 14.3. The van der Waals surface area contributed by atoms with Crippen molar-refractivity contribution in [2.24, 2.45) is 5.92 Å². The second-order valence-corrected chi connectivity index (χ2v) is 8.90. The summed E-state index contributed by atoms with van der Waals surface area (Å²) in [4.78, 5) is 10.7. The lowest BCUT2D eigenvalue weighted by atomic mass is 9.88. The quantitative estimate of drug-likeness (QED) is 0.572. The standard InChI is InChI=1S/C24H29F2NO3/c1-24(2,13-16-9-17-5-3-4-6-18(17)10-16)27-14-21(28)19-11-15(7-8-22(29)30)12-20(25)23(19)26/h3-6,11-12,16,21,27-28H,7-10,13-14H2,1-2H3,(H,29,30)/t21-/m1/s1. The van der Waals surface area contributed by atoms with Gasteiger partial charge < -0.3 is 15.5 Å². The summed E-state index contributed by atoms with van der Waals surface area (Å²) in [6.07, 6.45) is 1.60. The molecule has 0 aliphatic heterocycles. The lowest BCUT2D eigenvalue weighted by Crippen LogP contribution is -2.43. The van der Waals surface area contributed by atoms with Gasteiger partial charge in [-0.25, -0.2) is 8.78 Å². The molecule has 1 aliphatic rings. The van der Waals surface area contributed by atoms with Crippen LogP contribution in [0.1, 0.15) is 55.0 Å². The Balaban J connectivity index is 1.60. The first kappa shape index (κ1) is 22.4. The van der Waals surface area contributed by atoms with Gasteiger partial charge in [0.2, 0.25) is 0 Å². The average Bonchev–Trinajstić information content (AvgIpc) is 3.08. The van der Waals surface area contributed by atoms with Gasteiger partial charge in [0, 0.05) is 24.1 Å². The van der Waals surface area contributed by atoms with Crippen molar-refractivity contribution in [3.05, 3.63) is 70.3 Å². The maximum Gasteiger partial charge on any atom is 0.303 e. The summed E-state index contributed by atoms with van der Waals surface area (Å²) in [5.41, 5.74) is 2.69. The van der Waals surface area contributed by atoms with Crippen molar-refractivity contribution in [1.29, 1.82) is 0 Å². The lowest BCUT2D eigenvalue weighted by molar-refractivity contribution is -0.136. The van der Waals surface area contributed by atoms with E-state index in [0.717, 1.165) is 25.3 Å². The van der Waals surface area contributed by atoms with Gasteiger partial charge in [-0.05, 0) is 74.3 Å². The van der Waals surface area contributed by atoms with E-state index >= 15 is 0 Å². The number of halogens is 2. The minimum Gasteiger partial charge on any atom is -0.481 e. The summed E-state index contributed by atoms with van der Waals surface area (Å²) in [7, 11) is 0. The molecule has 6 heteroatoms. The highest BCUT2D eigenvalue weighted by Gasteiger charge is 2.29. The van der Waals surface area contributed by atoms with Gasteiger partial charge in [-0.15, -0.1) is 0 Å². The van der Waals surface area contributed by atoms with Gasteiger partial charge in [-0.1, -0.05) is 24.3 Å². The summed E-state index contributed by atoms with van der Waals surface area (Å²) in [5.74, 6) is -2.68. The average molecular weight is 417 g/mol. The molecule has 2 aromatic rings.